The molecule has 0 amide bonds. The van der Waals surface area contributed by atoms with Crippen LogP contribution in [0, 0.1) is 0 Å². The van der Waals surface area contributed by atoms with Crippen LogP contribution in [0.5, 0.6) is 0 Å². The van der Waals surface area contributed by atoms with E-state index in [4.69, 9.17) is 15.6 Å². The summed E-state index contributed by atoms with van der Waals surface area (Å²) in [5, 5.41) is 35.3. The fourth-order valence-corrected chi connectivity index (χ4v) is 2.68. The zero-order chi connectivity index (χ0) is 16.7. The van der Waals surface area contributed by atoms with Gasteiger partial charge in [-0.05, 0) is 0 Å². The lowest BCUT2D eigenvalue weighted by molar-refractivity contribution is -0.118. The molecule has 0 bridgehead atoms. The topological polar surface area (TPSA) is 142 Å². The number of methoxy groups -OCH3 is 1. The average molecular weight is 322 g/mol. The first-order chi connectivity index (χ1) is 11.0. The minimum absolute atomic E-state index is 0.283. The van der Waals surface area contributed by atoms with Crippen LogP contribution >= 0.6 is 0 Å². The Labute approximate surface area is 131 Å². The molecule has 10 nitrogen and oxygen atoms in total. The molecule has 2 aromatic heterocycles. The highest BCUT2D eigenvalue weighted by Gasteiger charge is 2.32. The summed E-state index contributed by atoms with van der Waals surface area (Å²) in [5.74, 6) is 0.857. The van der Waals surface area contributed by atoms with Crippen molar-refractivity contribution >= 4 is 22.7 Å². The maximum absolute atomic E-state index is 10.2. The second kappa shape index (κ2) is 5.74. The van der Waals surface area contributed by atoms with Crippen LogP contribution in [0.25, 0.3) is 11.0 Å². The van der Waals surface area contributed by atoms with Crippen LogP contribution in [0.3, 0.4) is 0 Å². The molecule has 0 aliphatic carbocycles. The number of nitrogens with two attached hydrogens (primary N) is 1. The predicted octanol–water partition coefficient (Wildman–Crippen LogP) is -1.64. The molecule has 3 rings (SSSR count). The van der Waals surface area contributed by atoms with Gasteiger partial charge in [0, 0.05) is 25.9 Å². The molecule has 0 saturated carbocycles. The second-order valence-corrected chi connectivity index (χ2v) is 5.22. The molecular weight excluding hydrogens is 304 g/mol. The molecule has 1 unspecified atom stereocenters. The zero-order valence-electron chi connectivity index (χ0n) is 12.7. The van der Waals surface area contributed by atoms with Crippen LogP contribution in [0.4, 0.5) is 5.82 Å². The molecule has 23 heavy (non-hydrogen) atoms. The Morgan fingerprint density at radius 2 is 2.09 bits per heavy atom. The molecule has 2 aromatic rings. The van der Waals surface area contributed by atoms with Gasteiger partial charge in [0.1, 0.15) is 24.2 Å². The second-order valence-electron chi connectivity index (χ2n) is 5.22. The summed E-state index contributed by atoms with van der Waals surface area (Å²) < 4.78 is 6.84. The number of hydrazone groups is 1. The Bertz CT molecular complexity index is 760. The van der Waals surface area contributed by atoms with E-state index in [2.05, 4.69) is 15.1 Å². The van der Waals surface area contributed by atoms with Gasteiger partial charge in [0.15, 0.2) is 17.9 Å². The molecule has 0 aromatic carbocycles. The number of rotatable bonds is 5. The van der Waals surface area contributed by atoms with Gasteiger partial charge >= 0.3 is 0 Å². The van der Waals surface area contributed by atoms with Crippen molar-refractivity contribution in [3.05, 3.63) is 18.1 Å². The lowest BCUT2D eigenvalue weighted by Gasteiger charge is -2.26. The van der Waals surface area contributed by atoms with Crippen molar-refractivity contribution in [3.8, 4) is 0 Å². The zero-order valence-corrected chi connectivity index (χ0v) is 12.7. The van der Waals surface area contributed by atoms with E-state index in [1.54, 1.807) is 17.8 Å². The third kappa shape index (κ3) is 2.32. The summed E-state index contributed by atoms with van der Waals surface area (Å²) in [7, 11) is 3.10. The first kappa shape index (κ1) is 15.6. The monoisotopic (exact) mass is 322 g/mol. The van der Waals surface area contributed by atoms with Gasteiger partial charge in [-0.15, -0.1) is 0 Å². The number of ether oxygens (including phenoxy) is 1. The Hall–Kier alpha value is -2.27. The van der Waals surface area contributed by atoms with Crippen molar-refractivity contribution in [2.45, 2.75) is 18.4 Å². The minimum Gasteiger partial charge on any atom is -0.394 e. The molecule has 5 N–H and O–H groups in total. The summed E-state index contributed by atoms with van der Waals surface area (Å²) in [5.41, 5.74) is 7.05. The molecule has 0 saturated heterocycles. The smallest absolute Gasteiger partial charge is 0.163 e. The molecule has 1 aliphatic rings. The summed E-state index contributed by atoms with van der Waals surface area (Å²) >= 11 is 0. The summed E-state index contributed by atoms with van der Waals surface area (Å²) in [4.78, 5) is 8.42. The van der Waals surface area contributed by atoms with Gasteiger partial charge in [-0.25, -0.2) is 15.0 Å². The number of aliphatic hydroxyl groups is 3. The minimum atomic E-state index is -1.36. The maximum atomic E-state index is 10.2. The normalized spacial score (nSPS) is 18.0. The first-order valence-electron chi connectivity index (χ1n) is 6.93. The van der Waals surface area contributed by atoms with Crippen LogP contribution in [0.15, 0.2) is 17.6 Å². The standard InChI is InChI=1S/C13H18N6O4/c1-18-11-8-6(10(14)17-18)3-19(12(8)16-5-15-11)13(23-2)9(22)7(21)4-20/h3,5,7,9,13,20-22H,4H2,1-2H3,(H2,14,17)/t7-,9?,13-/m1/s1. The molecule has 0 radical (unpaired) electrons. The highest BCUT2D eigenvalue weighted by atomic mass is 16.5. The van der Waals surface area contributed by atoms with E-state index in [0.717, 1.165) is 0 Å². The number of anilines is 1. The van der Waals surface area contributed by atoms with Gasteiger partial charge in [-0.2, -0.15) is 5.10 Å². The van der Waals surface area contributed by atoms with Crippen molar-refractivity contribution < 1.29 is 20.1 Å². The van der Waals surface area contributed by atoms with E-state index in [1.165, 1.54) is 18.4 Å². The third-order valence-electron chi connectivity index (χ3n) is 3.82. The highest BCUT2D eigenvalue weighted by Crippen LogP contribution is 2.33. The highest BCUT2D eigenvalue weighted by molar-refractivity contribution is 6.13. The fraction of sp³-hybridized carbons (Fsp3) is 0.462. The molecule has 3 atom stereocenters. The summed E-state index contributed by atoms with van der Waals surface area (Å²) in [6.07, 6.45) is -0.680. The van der Waals surface area contributed by atoms with Gasteiger partial charge < -0.3 is 30.4 Å². The van der Waals surface area contributed by atoms with Crippen molar-refractivity contribution in [1.82, 2.24) is 14.5 Å². The average Bonchev–Trinajstić information content (AvgIpc) is 2.93. The van der Waals surface area contributed by atoms with E-state index in [0.29, 0.717) is 22.4 Å². The number of aromatic nitrogens is 3. The number of hydrogen-bond donors (Lipinski definition) is 4. The third-order valence-corrected chi connectivity index (χ3v) is 3.82. The molecular formula is C13H18N6O4. The van der Waals surface area contributed by atoms with Crippen molar-refractivity contribution in [2.24, 2.45) is 10.8 Å². The SMILES string of the molecule is CO[C@H](C(O)[C@H](O)CO)n1cc2c3c(ncnc31)N(C)N=C2N. The molecule has 1 aliphatic heterocycles. The predicted molar refractivity (Wildman–Crippen MR) is 81.8 cm³/mol. The van der Waals surface area contributed by atoms with Crippen LogP contribution < -0.4 is 10.7 Å². The molecule has 10 heteroatoms. The Morgan fingerprint density at radius 1 is 1.35 bits per heavy atom. The van der Waals surface area contributed by atoms with Gasteiger partial charge in [-0.1, -0.05) is 0 Å². The van der Waals surface area contributed by atoms with E-state index < -0.39 is 25.0 Å². The van der Waals surface area contributed by atoms with Crippen LogP contribution in [0.2, 0.25) is 0 Å². The first-order valence-corrected chi connectivity index (χ1v) is 6.93. The largest absolute Gasteiger partial charge is 0.394 e. The molecule has 0 fully saturated rings. The molecule has 124 valence electrons. The fourth-order valence-electron chi connectivity index (χ4n) is 2.68. The summed E-state index contributed by atoms with van der Waals surface area (Å²) in [6.45, 7) is -0.598. The quantitative estimate of drug-likeness (QED) is 0.513. The molecule has 0 spiro atoms. The van der Waals surface area contributed by atoms with Gasteiger partial charge in [0.2, 0.25) is 0 Å². The maximum Gasteiger partial charge on any atom is 0.163 e. The molecule has 3 heterocycles. The Morgan fingerprint density at radius 3 is 2.74 bits per heavy atom. The van der Waals surface area contributed by atoms with Gasteiger partial charge in [-0.3, -0.25) is 0 Å². The van der Waals surface area contributed by atoms with Crippen LogP contribution in [-0.4, -0.2) is 68.7 Å². The number of aliphatic hydroxyl groups excluding tert-OH is 3. The lowest BCUT2D eigenvalue weighted by atomic mass is 10.2. The van der Waals surface area contributed by atoms with E-state index in [-0.39, 0.29) is 5.84 Å². The van der Waals surface area contributed by atoms with Crippen molar-refractivity contribution in [3.63, 3.8) is 0 Å². The van der Waals surface area contributed by atoms with Crippen molar-refractivity contribution in [1.29, 1.82) is 0 Å². The number of amidine groups is 1. The lowest BCUT2D eigenvalue weighted by Crippen LogP contribution is -2.38. The van der Waals surface area contributed by atoms with Gasteiger partial charge in [0.25, 0.3) is 0 Å². The van der Waals surface area contributed by atoms with Gasteiger partial charge in [0.05, 0.1) is 12.0 Å². The van der Waals surface area contributed by atoms with E-state index in [9.17, 15) is 10.2 Å². The van der Waals surface area contributed by atoms with Crippen molar-refractivity contribution in [2.75, 3.05) is 25.8 Å². The van der Waals surface area contributed by atoms with Crippen LogP contribution in [0.1, 0.15) is 11.8 Å². The van der Waals surface area contributed by atoms with E-state index in [1.807, 2.05) is 0 Å². The Balaban J connectivity index is 2.18. The number of nitrogens with zero attached hydrogens (tertiary/aromatic N) is 5. The van der Waals surface area contributed by atoms with E-state index >= 15 is 0 Å². The Kier molecular flexibility index (Phi) is 3.90. The number of hydrogen-bond acceptors (Lipinski definition) is 9. The van der Waals surface area contributed by atoms with Crippen LogP contribution in [-0.2, 0) is 4.74 Å². The summed E-state index contributed by atoms with van der Waals surface area (Å²) in [6, 6.07) is 0.